The number of fused-ring (bicyclic) bond motifs is 4. The van der Waals surface area contributed by atoms with Crippen LogP contribution in [-0.4, -0.2) is 16.8 Å². The van der Waals surface area contributed by atoms with Gasteiger partial charge in [-0.25, -0.2) is 9.97 Å². The Bertz CT molecular complexity index is 971. The molecule has 1 aliphatic carbocycles. The van der Waals surface area contributed by atoms with Gasteiger partial charge in [0, 0.05) is 10.6 Å². The largest absolute Gasteiger partial charge is 0.454 e. The van der Waals surface area contributed by atoms with Gasteiger partial charge in [-0.05, 0) is 48.9 Å². The predicted molar refractivity (Wildman–Crippen MR) is 101 cm³/mol. The molecule has 0 spiro atoms. The Balaban J connectivity index is 1.41. The molecular weight excluding hydrogens is 354 g/mol. The van der Waals surface area contributed by atoms with Gasteiger partial charge in [-0.2, -0.15) is 0 Å². The van der Waals surface area contributed by atoms with Gasteiger partial charge in [0.15, 0.2) is 16.7 Å². The van der Waals surface area contributed by atoms with Crippen molar-refractivity contribution in [3.8, 4) is 11.5 Å². The van der Waals surface area contributed by atoms with E-state index in [2.05, 4.69) is 4.98 Å². The third kappa shape index (κ3) is 2.71. The molecular formula is C18H17N3O2S2. The first-order valence-corrected chi connectivity index (χ1v) is 10.2. The summed E-state index contributed by atoms with van der Waals surface area (Å²) >= 11 is 3.39. The number of nitrogen functional groups attached to an aromatic ring is 1. The van der Waals surface area contributed by atoms with Crippen LogP contribution in [0.4, 0.5) is 5.82 Å². The van der Waals surface area contributed by atoms with E-state index in [-0.39, 0.29) is 0 Å². The predicted octanol–water partition coefficient (Wildman–Crippen LogP) is 4.17. The van der Waals surface area contributed by atoms with E-state index in [9.17, 15) is 0 Å². The highest BCUT2D eigenvalue weighted by atomic mass is 32.2. The van der Waals surface area contributed by atoms with Crippen LogP contribution in [0.5, 0.6) is 11.5 Å². The van der Waals surface area contributed by atoms with Crippen molar-refractivity contribution in [1.29, 1.82) is 0 Å². The normalized spacial score (nSPS) is 15.5. The molecule has 0 saturated carbocycles. The molecule has 0 fully saturated rings. The van der Waals surface area contributed by atoms with Crippen LogP contribution in [0, 0.1) is 0 Å². The van der Waals surface area contributed by atoms with E-state index in [0.29, 0.717) is 12.6 Å². The van der Waals surface area contributed by atoms with Crippen molar-refractivity contribution < 1.29 is 9.47 Å². The second-order valence-corrected chi connectivity index (χ2v) is 8.28. The number of rotatable bonds is 3. The molecule has 5 rings (SSSR count). The Morgan fingerprint density at radius 3 is 2.96 bits per heavy atom. The summed E-state index contributed by atoms with van der Waals surface area (Å²) in [6, 6.07) is 6.01. The van der Waals surface area contributed by atoms with Crippen LogP contribution < -0.4 is 15.2 Å². The lowest BCUT2D eigenvalue weighted by Crippen LogP contribution is -2.01. The van der Waals surface area contributed by atoms with E-state index in [4.69, 9.17) is 20.2 Å². The first-order chi connectivity index (χ1) is 12.3. The van der Waals surface area contributed by atoms with Crippen LogP contribution >= 0.6 is 23.1 Å². The summed E-state index contributed by atoms with van der Waals surface area (Å²) in [5.74, 6) is 3.00. The molecule has 2 N–H and O–H groups in total. The molecule has 0 unspecified atom stereocenters. The summed E-state index contributed by atoms with van der Waals surface area (Å²) in [4.78, 5) is 11.8. The van der Waals surface area contributed by atoms with E-state index >= 15 is 0 Å². The molecule has 1 aromatic carbocycles. The minimum atomic E-state index is 0.297. The van der Waals surface area contributed by atoms with Gasteiger partial charge in [0.25, 0.3) is 0 Å². The van der Waals surface area contributed by atoms with Crippen LogP contribution in [0.1, 0.15) is 28.8 Å². The fraction of sp³-hybridized carbons (Fsp3) is 0.333. The van der Waals surface area contributed by atoms with Crippen LogP contribution in [0.3, 0.4) is 0 Å². The lowest BCUT2D eigenvalue weighted by molar-refractivity contribution is 0.174. The monoisotopic (exact) mass is 371 g/mol. The maximum absolute atomic E-state index is 6.27. The van der Waals surface area contributed by atoms with Crippen LogP contribution in [0.25, 0.3) is 10.2 Å². The Hall–Kier alpha value is -1.99. The van der Waals surface area contributed by atoms with E-state index in [1.807, 2.05) is 18.2 Å². The first kappa shape index (κ1) is 15.3. The molecule has 0 atom stereocenters. The van der Waals surface area contributed by atoms with E-state index in [1.165, 1.54) is 23.3 Å². The molecule has 0 radical (unpaired) electrons. The smallest absolute Gasteiger partial charge is 0.231 e. The average Bonchev–Trinajstić information content (AvgIpc) is 3.23. The standard InChI is InChI=1S/C18H17N3O2S2/c19-16-15-11-3-1-2-4-14(11)25-17(15)21-18(20-16)24-8-10-5-6-12-13(7-10)23-9-22-12/h5-7H,1-4,8-9H2,(H2,19,20,21). The molecule has 128 valence electrons. The molecule has 1 aliphatic heterocycles. The van der Waals surface area contributed by atoms with Gasteiger partial charge in [0.05, 0.1) is 5.39 Å². The maximum Gasteiger partial charge on any atom is 0.231 e. The number of aryl methyl sites for hydroxylation is 2. The highest BCUT2D eigenvalue weighted by molar-refractivity contribution is 7.98. The van der Waals surface area contributed by atoms with Gasteiger partial charge in [0.1, 0.15) is 10.6 Å². The van der Waals surface area contributed by atoms with Crippen LogP contribution in [0.15, 0.2) is 23.4 Å². The minimum Gasteiger partial charge on any atom is -0.454 e. The van der Waals surface area contributed by atoms with Crippen LogP contribution in [0.2, 0.25) is 0 Å². The third-order valence-electron chi connectivity index (χ3n) is 4.63. The number of nitrogens with two attached hydrogens (primary N) is 1. The Kier molecular flexibility index (Phi) is 3.71. The summed E-state index contributed by atoms with van der Waals surface area (Å²) in [5.41, 5.74) is 8.81. The molecule has 2 aliphatic rings. The number of hydrogen-bond donors (Lipinski definition) is 1. The van der Waals surface area contributed by atoms with Gasteiger partial charge < -0.3 is 15.2 Å². The number of thiophene rings is 1. The SMILES string of the molecule is Nc1nc(SCc2ccc3c(c2)OCO3)nc2sc3c(c12)CCCC3. The lowest BCUT2D eigenvalue weighted by atomic mass is 9.97. The molecule has 2 aromatic heterocycles. The highest BCUT2D eigenvalue weighted by Gasteiger charge is 2.20. The lowest BCUT2D eigenvalue weighted by Gasteiger charge is -2.10. The number of anilines is 1. The zero-order chi connectivity index (χ0) is 16.8. The fourth-order valence-corrected chi connectivity index (χ4v) is 5.53. The minimum absolute atomic E-state index is 0.297. The molecule has 3 heterocycles. The molecule has 25 heavy (non-hydrogen) atoms. The topological polar surface area (TPSA) is 70.3 Å². The number of hydrogen-bond acceptors (Lipinski definition) is 7. The second-order valence-electron chi connectivity index (χ2n) is 6.26. The fourth-order valence-electron chi connectivity index (χ4n) is 3.41. The number of thioether (sulfide) groups is 1. The maximum atomic E-state index is 6.27. The summed E-state index contributed by atoms with van der Waals surface area (Å²) in [7, 11) is 0. The van der Waals surface area contributed by atoms with Crippen LogP contribution in [-0.2, 0) is 18.6 Å². The van der Waals surface area contributed by atoms with Gasteiger partial charge in [-0.3, -0.25) is 0 Å². The van der Waals surface area contributed by atoms with Crippen molar-refractivity contribution in [3.63, 3.8) is 0 Å². The Morgan fingerprint density at radius 2 is 2.00 bits per heavy atom. The van der Waals surface area contributed by atoms with Gasteiger partial charge in [-0.15, -0.1) is 11.3 Å². The van der Waals surface area contributed by atoms with Gasteiger partial charge >= 0.3 is 0 Å². The molecule has 0 saturated heterocycles. The third-order valence-corrected chi connectivity index (χ3v) is 6.73. The molecule has 5 nitrogen and oxygen atoms in total. The Labute approximate surface area is 153 Å². The Morgan fingerprint density at radius 1 is 1.12 bits per heavy atom. The first-order valence-electron chi connectivity index (χ1n) is 8.37. The van der Waals surface area contributed by atoms with E-state index < -0.39 is 0 Å². The number of nitrogens with zero attached hydrogens (tertiary/aromatic N) is 2. The molecule has 0 bridgehead atoms. The van der Waals surface area contributed by atoms with Gasteiger partial charge in [0.2, 0.25) is 6.79 Å². The van der Waals surface area contributed by atoms with Crippen molar-refractivity contribution in [2.24, 2.45) is 0 Å². The van der Waals surface area contributed by atoms with Crippen molar-refractivity contribution in [1.82, 2.24) is 9.97 Å². The number of ether oxygens (including phenoxy) is 2. The number of aromatic nitrogens is 2. The summed E-state index contributed by atoms with van der Waals surface area (Å²) in [6.45, 7) is 0.297. The zero-order valence-corrected chi connectivity index (χ0v) is 15.2. The molecule has 0 amide bonds. The van der Waals surface area contributed by atoms with Crippen molar-refractivity contribution in [2.75, 3.05) is 12.5 Å². The highest BCUT2D eigenvalue weighted by Crippen LogP contribution is 2.39. The quantitative estimate of drug-likeness (QED) is 0.550. The van der Waals surface area contributed by atoms with Gasteiger partial charge in [-0.1, -0.05) is 17.8 Å². The second kappa shape index (κ2) is 6.07. The van der Waals surface area contributed by atoms with Crippen molar-refractivity contribution in [2.45, 2.75) is 36.6 Å². The summed E-state index contributed by atoms with van der Waals surface area (Å²) < 4.78 is 10.8. The van der Waals surface area contributed by atoms with Crippen molar-refractivity contribution in [3.05, 3.63) is 34.2 Å². The molecule has 7 heteroatoms. The van der Waals surface area contributed by atoms with Crippen molar-refractivity contribution >= 4 is 39.1 Å². The number of benzene rings is 1. The zero-order valence-electron chi connectivity index (χ0n) is 13.6. The average molecular weight is 371 g/mol. The molecule has 3 aromatic rings. The summed E-state index contributed by atoms with van der Waals surface area (Å²) in [5, 5.41) is 1.83. The summed E-state index contributed by atoms with van der Waals surface area (Å²) in [6.07, 6.45) is 4.75. The van der Waals surface area contributed by atoms with E-state index in [0.717, 1.165) is 51.0 Å². The van der Waals surface area contributed by atoms with E-state index in [1.54, 1.807) is 23.1 Å².